The standard InChI is InChI=1S/C13H19BrN2O3/c1-19-12-7-9(6-10(14)13(12)18)11(8-17)16-4-2-15-3-5-16/h6-7,11,15,17-18H,2-5,8H2,1H3/t11-/m0/s1. The zero-order valence-electron chi connectivity index (χ0n) is 10.9. The zero-order valence-corrected chi connectivity index (χ0v) is 12.5. The number of nitrogens with one attached hydrogen (secondary N) is 1. The first kappa shape index (κ1) is 14.6. The molecule has 0 aromatic heterocycles. The normalized spacial score (nSPS) is 18.3. The third-order valence-electron chi connectivity index (χ3n) is 3.42. The topological polar surface area (TPSA) is 65.0 Å². The highest BCUT2D eigenvalue weighted by Gasteiger charge is 2.23. The van der Waals surface area contributed by atoms with E-state index in [4.69, 9.17) is 4.74 Å². The summed E-state index contributed by atoms with van der Waals surface area (Å²) in [5, 5.41) is 22.8. The molecule has 1 aromatic rings. The van der Waals surface area contributed by atoms with E-state index in [1.165, 1.54) is 7.11 Å². The maximum Gasteiger partial charge on any atom is 0.172 e. The number of phenols is 1. The van der Waals surface area contributed by atoms with E-state index in [0.29, 0.717) is 10.2 Å². The van der Waals surface area contributed by atoms with E-state index in [-0.39, 0.29) is 18.4 Å². The van der Waals surface area contributed by atoms with Gasteiger partial charge in [0, 0.05) is 26.2 Å². The molecule has 2 rings (SSSR count). The SMILES string of the molecule is COc1cc([C@H](CO)N2CCNCC2)cc(Br)c1O. The van der Waals surface area contributed by atoms with Gasteiger partial charge in [-0.05, 0) is 33.6 Å². The molecule has 1 aliphatic heterocycles. The Bertz CT molecular complexity index is 436. The van der Waals surface area contributed by atoms with E-state index in [1.54, 1.807) is 6.07 Å². The lowest BCUT2D eigenvalue weighted by Crippen LogP contribution is -2.46. The van der Waals surface area contributed by atoms with Crippen LogP contribution in [0, 0.1) is 0 Å². The average Bonchev–Trinajstić information content (AvgIpc) is 2.44. The molecule has 1 aromatic carbocycles. The predicted molar refractivity (Wildman–Crippen MR) is 76.6 cm³/mol. The van der Waals surface area contributed by atoms with Crippen molar-refractivity contribution in [3.05, 3.63) is 22.2 Å². The summed E-state index contributed by atoms with van der Waals surface area (Å²) < 4.78 is 5.74. The molecule has 1 atom stereocenters. The smallest absolute Gasteiger partial charge is 0.172 e. The van der Waals surface area contributed by atoms with Gasteiger partial charge in [0.1, 0.15) is 0 Å². The van der Waals surface area contributed by atoms with Crippen molar-refractivity contribution in [1.82, 2.24) is 10.2 Å². The van der Waals surface area contributed by atoms with Gasteiger partial charge < -0.3 is 20.3 Å². The number of aliphatic hydroxyl groups is 1. The molecule has 106 valence electrons. The summed E-state index contributed by atoms with van der Waals surface area (Å²) in [6.07, 6.45) is 0. The summed E-state index contributed by atoms with van der Waals surface area (Å²) in [6.45, 7) is 3.68. The molecule has 1 aliphatic rings. The first-order chi connectivity index (χ1) is 9.17. The number of aromatic hydroxyl groups is 1. The van der Waals surface area contributed by atoms with Gasteiger partial charge in [-0.1, -0.05) is 0 Å². The van der Waals surface area contributed by atoms with Crippen molar-refractivity contribution < 1.29 is 14.9 Å². The Morgan fingerprint density at radius 1 is 1.42 bits per heavy atom. The number of nitrogens with zero attached hydrogens (tertiary/aromatic N) is 1. The van der Waals surface area contributed by atoms with Gasteiger partial charge in [-0.2, -0.15) is 0 Å². The Morgan fingerprint density at radius 3 is 2.68 bits per heavy atom. The number of rotatable bonds is 4. The lowest BCUT2D eigenvalue weighted by molar-refractivity contribution is 0.110. The van der Waals surface area contributed by atoms with Crippen molar-refractivity contribution in [1.29, 1.82) is 0 Å². The maximum atomic E-state index is 9.83. The molecule has 0 radical (unpaired) electrons. The van der Waals surface area contributed by atoms with Gasteiger partial charge >= 0.3 is 0 Å². The second-order valence-electron chi connectivity index (χ2n) is 4.54. The average molecular weight is 331 g/mol. The van der Waals surface area contributed by atoms with Crippen LogP contribution in [-0.2, 0) is 0 Å². The summed E-state index contributed by atoms with van der Waals surface area (Å²) in [5.41, 5.74) is 0.936. The number of phenolic OH excluding ortho intramolecular Hbond substituents is 1. The fraction of sp³-hybridized carbons (Fsp3) is 0.538. The lowest BCUT2D eigenvalue weighted by Gasteiger charge is -2.34. The third-order valence-corrected chi connectivity index (χ3v) is 4.03. The van der Waals surface area contributed by atoms with Gasteiger partial charge in [0.15, 0.2) is 11.5 Å². The predicted octanol–water partition coefficient (Wildman–Crippen LogP) is 1.10. The molecule has 19 heavy (non-hydrogen) atoms. The molecule has 0 aliphatic carbocycles. The molecular weight excluding hydrogens is 312 g/mol. The Labute approximate surface area is 121 Å². The highest BCUT2D eigenvalue weighted by molar-refractivity contribution is 9.10. The molecule has 0 bridgehead atoms. The number of aliphatic hydroxyl groups excluding tert-OH is 1. The molecule has 6 heteroatoms. The van der Waals surface area contributed by atoms with E-state index < -0.39 is 0 Å². The highest BCUT2D eigenvalue weighted by Crippen LogP contribution is 2.37. The molecule has 5 nitrogen and oxygen atoms in total. The number of hydrogen-bond acceptors (Lipinski definition) is 5. The second-order valence-corrected chi connectivity index (χ2v) is 5.39. The summed E-state index contributed by atoms with van der Waals surface area (Å²) in [7, 11) is 1.52. The Balaban J connectivity index is 2.29. The zero-order chi connectivity index (χ0) is 13.8. The molecule has 3 N–H and O–H groups in total. The first-order valence-corrected chi connectivity index (χ1v) is 7.08. The molecule has 0 saturated carbocycles. The lowest BCUT2D eigenvalue weighted by atomic mass is 10.0. The van der Waals surface area contributed by atoms with Crippen molar-refractivity contribution in [2.24, 2.45) is 0 Å². The number of benzene rings is 1. The third kappa shape index (κ3) is 3.20. The van der Waals surface area contributed by atoms with Gasteiger partial charge in [0.05, 0.1) is 24.2 Å². The Hall–Kier alpha value is -0.820. The Kier molecular flexibility index (Phi) is 5.04. The van der Waals surface area contributed by atoms with Crippen LogP contribution in [0.5, 0.6) is 11.5 Å². The monoisotopic (exact) mass is 330 g/mol. The number of piperazine rings is 1. The summed E-state index contributed by atoms with van der Waals surface area (Å²) in [4.78, 5) is 2.23. The highest BCUT2D eigenvalue weighted by atomic mass is 79.9. The van der Waals surface area contributed by atoms with Crippen molar-refractivity contribution in [3.63, 3.8) is 0 Å². The molecular formula is C13H19BrN2O3. The van der Waals surface area contributed by atoms with E-state index in [1.807, 2.05) is 6.07 Å². The summed E-state index contributed by atoms with van der Waals surface area (Å²) >= 11 is 3.32. The molecule has 0 amide bonds. The van der Waals surface area contributed by atoms with Crippen LogP contribution in [0.2, 0.25) is 0 Å². The van der Waals surface area contributed by atoms with Crippen LogP contribution < -0.4 is 10.1 Å². The quantitative estimate of drug-likeness (QED) is 0.771. The van der Waals surface area contributed by atoms with Crippen molar-refractivity contribution in [2.45, 2.75) is 6.04 Å². The Morgan fingerprint density at radius 2 is 2.11 bits per heavy atom. The van der Waals surface area contributed by atoms with E-state index in [9.17, 15) is 10.2 Å². The number of methoxy groups -OCH3 is 1. The van der Waals surface area contributed by atoms with Crippen LogP contribution in [0.25, 0.3) is 0 Å². The van der Waals surface area contributed by atoms with Crippen LogP contribution in [0.1, 0.15) is 11.6 Å². The van der Waals surface area contributed by atoms with E-state index in [0.717, 1.165) is 31.7 Å². The summed E-state index contributed by atoms with van der Waals surface area (Å²) in [5.74, 6) is 0.501. The minimum Gasteiger partial charge on any atom is -0.503 e. The largest absolute Gasteiger partial charge is 0.503 e. The van der Waals surface area contributed by atoms with Crippen LogP contribution in [-0.4, -0.2) is 55.0 Å². The van der Waals surface area contributed by atoms with Crippen molar-refractivity contribution in [3.8, 4) is 11.5 Å². The summed E-state index contributed by atoms with van der Waals surface area (Å²) in [6, 6.07) is 3.54. The number of hydrogen-bond donors (Lipinski definition) is 3. The van der Waals surface area contributed by atoms with Crippen LogP contribution in [0.4, 0.5) is 0 Å². The second kappa shape index (κ2) is 6.56. The first-order valence-electron chi connectivity index (χ1n) is 6.29. The van der Waals surface area contributed by atoms with Crippen LogP contribution >= 0.6 is 15.9 Å². The maximum absolute atomic E-state index is 9.83. The number of halogens is 1. The number of ether oxygens (including phenoxy) is 1. The molecule has 0 spiro atoms. The molecule has 0 unspecified atom stereocenters. The van der Waals surface area contributed by atoms with Gasteiger partial charge in [-0.15, -0.1) is 0 Å². The van der Waals surface area contributed by atoms with Crippen molar-refractivity contribution in [2.75, 3.05) is 39.9 Å². The van der Waals surface area contributed by atoms with Crippen LogP contribution in [0.15, 0.2) is 16.6 Å². The fourth-order valence-corrected chi connectivity index (χ4v) is 2.83. The molecule has 1 saturated heterocycles. The van der Waals surface area contributed by atoms with Gasteiger partial charge in [0.25, 0.3) is 0 Å². The van der Waals surface area contributed by atoms with Crippen LogP contribution in [0.3, 0.4) is 0 Å². The van der Waals surface area contributed by atoms with Gasteiger partial charge in [-0.25, -0.2) is 0 Å². The minimum atomic E-state index is -0.0760. The van der Waals surface area contributed by atoms with Gasteiger partial charge in [-0.3, -0.25) is 4.90 Å². The van der Waals surface area contributed by atoms with E-state index >= 15 is 0 Å². The fourth-order valence-electron chi connectivity index (χ4n) is 2.37. The molecule has 1 heterocycles. The minimum absolute atomic E-state index is 0.0420. The van der Waals surface area contributed by atoms with E-state index in [2.05, 4.69) is 26.1 Å². The molecule has 1 fully saturated rings. The van der Waals surface area contributed by atoms with Gasteiger partial charge in [0.2, 0.25) is 0 Å². The van der Waals surface area contributed by atoms with Crippen molar-refractivity contribution >= 4 is 15.9 Å².